The average Bonchev–Trinajstić information content (AvgIpc) is 2.88. The first kappa shape index (κ1) is 12.9. The van der Waals surface area contributed by atoms with Crippen LogP contribution in [0.2, 0.25) is 0 Å². The summed E-state index contributed by atoms with van der Waals surface area (Å²) < 4.78 is 0. The molecule has 3 rings (SSSR count). The van der Waals surface area contributed by atoms with Gasteiger partial charge in [0.25, 0.3) is 0 Å². The fourth-order valence-corrected chi connectivity index (χ4v) is 3.80. The summed E-state index contributed by atoms with van der Waals surface area (Å²) in [5, 5.41) is 0. The van der Waals surface area contributed by atoms with Crippen LogP contribution in [0.15, 0.2) is 12.1 Å². The molecular formula is C16H25N3. The number of hydrogen-bond donors (Lipinski definition) is 1. The van der Waals surface area contributed by atoms with Gasteiger partial charge < -0.3 is 10.6 Å². The molecule has 1 aliphatic carbocycles. The van der Waals surface area contributed by atoms with Crippen LogP contribution in [0.5, 0.6) is 0 Å². The van der Waals surface area contributed by atoms with Gasteiger partial charge in [-0.1, -0.05) is 18.9 Å². The lowest BCUT2D eigenvalue weighted by Crippen LogP contribution is -2.39. The summed E-state index contributed by atoms with van der Waals surface area (Å²) in [6.07, 6.45) is 8.52. The molecule has 3 nitrogen and oxygen atoms in total. The van der Waals surface area contributed by atoms with Crippen LogP contribution in [0.25, 0.3) is 0 Å². The zero-order chi connectivity index (χ0) is 13.3. The molecule has 1 spiro atoms. The number of nitrogens with two attached hydrogens (primary N) is 1. The number of anilines is 1. The van der Waals surface area contributed by atoms with E-state index in [0.29, 0.717) is 12.0 Å². The zero-order valence-corrected chi connectivity index (χ0v) is 12.0. The van der Waals surface area contributed by atoms with E-state index in [1.807, 2.05) is 0 Å². The van der Waals surface area contributed by atoms with Crippen molar-refractivity contribution in [2.24, 2.45) is 11.1 Å². The predicted octanol–water partition coefficient (Wildman–Crippen LogP) is 3.01. The van der Waals surface area contributed by atoms with Gasteiger partial charge in [0.15, 0.2) is 0 Å². The molecule has 1 aliphatic heterocycles. The van der Waals surface area contributed by atoms with Gasteiger partial charge >= 0.3 is 0 Å². The van der Waals surface area contributed by atoms with E-state index in [0.717, 1.165) is 17.1 Å². The summed E-state index contributed by atoms with van der Waals surface area (Å²) in [5.74, 6) is 1.14. The quantitative estimate of drug-likeness (QED) is 0.887. The predicted molar refractivity (Wildman–Crippen MR) is 79.2 cm³/mol. The fourth-order valence-electron chi connectivity index (χ4n) is 3.80. The second kappa shape index (κ2) is 5.12. The molecule has 1 saturated carbocycles. The van der Waals surface area contributed by atoms with Crippen molar-refractivity contribution in [1.82, 2.24) is 4.98 Å². The molecule has 0 amide bonds. The first-order valence-corrected chi connectivity index (χ1v) is 7.64. The average molecular weight is 259 g/mol. The third-order valence-electron chi connectivity index (χ3n) is 5.21. The lowest BCUT2D eigenvalue weighted by atomic mass is 9.77. The van der Waals surface area contributed by atoms with Gasteiger partial charge in [-0.2, -0.15) is 0 Å². The lowest BCUT2D eigenvalue weighted by molar-refractivity contribution is 0.226. The van der Waals surface area contributed by atoms with Crippen molar-refractivity contribution < 1.29 is 0 Å². The summed E-state index contributed by atoms with van der Waals surface area (Å²) >= 11 is 0. The normalized spacial score (nSPS) is 22.1. The maximum Gasteiger partial charge on any atom is 0.128 e. The molecule has 0 unspecified atom stereocenters. The van der Waals surface area contributed by atoms with Gasteiger partial charge in [0, 0.05) is 25.3 Å². The highest BCUT2D eigenvalue weighted by Gasteiger charge is 2.37. The molecule has 0 atom stereocenters. The summed E-state index contributed by atoms with van der Waals surface area (Å²) in [6.45, 7) is 5.00. The third kappa shape index (κ3) is 2.48. The van der Waals surface area contributed by atoms with E-state index in [4.69, 9.17) is 10.7 Å². The summed E-state index contributed by atoms with van der Waals surface area (Å²) in [4.78, 5) is 7.18. The molecule has 2 N–H and O–H groups in total. The monoisotopic (exact) mass is 259 g/mol. The van der Waals surface area contributed by atoms with E-state index in [2.05, 4.69) is 24.0 Å². The molecule has 0 bridgehead atoms. The van der Waals surface area contributed by atoms with Gasteiger partial charge in [-0.15, -0.1) is 0 Å². The first-order valence-electron chi connectivity index (χ1n) is 7.64. The summed E-state index contributed by atoms with van der Waals surface area (Å²) in [7, 11) is 0. The number of aromatic nitrogens is 1. The van der Waals surface area contributed by atoms with Gasteiger partial charge in [-0.25, -0.2) is 4.98 Å². The smallest absolute Gasteiger partial charge is 0.128 e. The number of pyridine rings is 1. The van der Waals surface area contributed by atoms with Crippen molar-refractivity contribution in [3.8, 4) is 0 Å². The minimum Gasteiger partial charge on any atom is -0.357 e. The van der Waals surface area contributed by atoms with E-state index < -0.39 is 0 Å². The fraction of sp³-hybridized carbons (Fsp3) is 0.688. The molecule has 104 valence electrons. The third-order valence-corrected chi connectivity index (χ3v) is 5.21. The summed E-state index contributed by atoms with van der Waals surface area (Å²) in [5.41, 5.74) is 8.63. The van der Waals surface area contributed by atoms with Gasteiger partial charge in [-0.3, -0.25) is 0 Å². The maximum absolute atomic E-state index is 5.70. The van der Waals surface area contributed by atoms with Crippen LogP contribution in [0.3, 0.4) is 0 Å². The Morgan fingerprint density at radius 2 is 1.84 bits per heavy atom. The van der Waals surface area contributed by atoms with E-state index in [1.165, 1.54) is 51.6 Å². The zero-order valence-electron chi connectivity index (χ0n) is 12.0. The maximum atomic E-state index is 5.70. The van der Waals surface area contributed by atoms with Crippen LogP contribution < -0.4 is 10.6 Å². The van der Waals surface area contributed by atoms with Crippen LogP contribution in [0.1, 0.15) is 49.8 Å². The largest absolute Gasteiger partial charge is 0.357 e. The van der Waals surface area contributed by atoms with Crippen molar-refractivity contribution >= 4 is 5.82 Å². The Labute approximate surface area is 116 Å². The Hall–Kier alpha value is -1.09. The van der Waals surface area contributed by atoms with Crippen molar-refractivity contribution in [2.45, 2.75) is 52.0 Å². The van der Waals surface area contributed by atoms with Gasteiger partial charge in [-0.05, 0) is 49.7 Å². The van der Waals surface area contributed by atoms with Crippen LogP contribution in [-0.4, -0.2) is 18.1 Å². The van der Waals surface area contributed by atoms with Gasteiger partial charge in [0.2, 0.25) is 0 Å². The highest BCUT2D eigenvalue weighted by Crippen LogP contribution is 2.46. The van der Waals surface area contributed by atoms with Gasteiger partial charge in [0.05, 0.1) is 0 Å². The van der Waals surface area contributed by atoms with Crippen LogP contribution in [0.4, 0.5) is 5.82 Å². The minimum atomic E-state index is 0.586. The summed E-state index contributed by atoms with van der Waals surface area (Å²) in [6, 6.07) is 4.28. The second-order valence-corrected chi connectivity index (χ2v) is 6.31. The highest BCUT2D eigenvalue weighted by atomic mass is 15.2. The Balaban J connectivity index is 1.69. The van der Waals surface area contributed by atoms with Crippen LogP contribution in [0, 0.1) is 12.3 Å². The van der Waals surface area contributed by atoms with E-state index in [-0.39, 0.29) is 0 Å². The number of aryl methyl sites for hydroxylation is 1. The molecule has 0 radical (unpaired) electrons. The van der Waals surface area contributed by atoms with E-state index >= 15 is 0 Å². The van der Waals surface area contributed by atoms with Crippen molar-refractivity contribution in [1.29, 1.82) is 0 Å². The van der Waals surface area contributed by atoms with E-state index in [9.17, 15) is 0 Å². The second-order valence-electron chi connectivity index (χ2n) is 6.31. The van der Waals surface area contributed by atoms with Crippen molar-refractivity contribution in [3.63, 3.8) is 0 Å². The molecular weight excluding hydrogens is 234 g/mol. The topological polar surface area (TPSA) is 42.2 Å². The number of piperidine rings is 1. The molecule has 19 heavy (non-hydrogen) atoms. The molecule has 1 aromatic rings. The Morgan fingerprint density at radius 1 is 1.16 bits per heavy atom. The Kier molecular flexibility index (Phi) is 3.48. The number of hydrogen-bond acceptors (Lipinski definition) is 3. The molecule has 2 fully saturated rings. The van der Waals surface area contributed by atoms with Crippen molar-refractivity contribution in [3.05, 3.63) is 23.4 Å². The molecule has 1 aromatic heterocycles. The number of rotatable bonds is 2. The molecule has 1 saturated heterocycles. The standard InChI is InChI=1S/C16H25N3/c1-13-14(12-17)4-5-15(18-13)19-10-8-16(9-11-19)6-2-3-7-16/h4-5H,2-3,6-12,17H2,1H3. The Bertz CT molecular complexity index is 439. The van der Waals surface area contributed by atoms with Crippen LogP contribution >= 0.6 is 0 Å². The Morgan fingerprint density at radius 3 is 2.42 bits per heavy atom. The molecule has 2 aliphatic rings. The molecule has 3 heteroatoms. The minimum absolute atomic E-state index is 0.586. The number of nitrogens with zero attached hydrogens (tertiary/aromatic N) is 2. The highest BCUT2D eigenvalue weighted by molar-refractivity contribution is 5.42. The van der Waals surface area contributed by atoms with E-state index in [1.54, 1.807) is 0 Å². The molecule has 0 aromatic carbocycles. The van der Waals surface area contributed by atoms with Crippen LogP contribution in [-0.2, 0) is 6.54 Å². The molecule has 2 heterocycles. The lowest BCUT2D eigenvalue weighted by Gasteiger charge is -2.40. The van der Waals surface area contributed by atoms with Gasteiger partial charge in [0.1, 0.15) is 5.82 Å². The van der Waals surface area contributed by atoms with Crippen molar-refractivity contribution in [2.75, 3.05) is 18.0 Å². The SMILES string of the molecule is Cc1nc(N2CCC3(CCCC3)CC2)ccc1CN. The first-order chi connectivity index (χ1) is 9.22.